The maximum absolute atomic E-state index is 5.39. The van der Waals surface area contributed by atoms with Gasteiger partial charge in [-0.25, -0.2) is 0 Å². The summed E-state index contributed by atoms with van der Waals surface area (Å²) < 4.78 is 5.39. The van der Waals surface area contributed by atoms with Crippen LogP contribution in [0, 0.1) is 0 Å². The van der Waals surface area contributed by atoms with Gasteiger partial charge in [0.2, 0.25) is 0 Å². The molecule has 0 spiro atoms. The molecule has 0 radical (unpaired) electrons. The van der Waals surface area contributed by atoms with Crippen LogP contribution in [0.2, 0.25) is 0 Å². The Hall–Kier alpha value is -0.380. The SMILES string of the molecule is CCCC(NC1CCOCC1)c1cccs1. The smallest absolute Gasteiger partial charge is 0.0480 e. The van der Waals surface area contributed by atoms with E-state index >= 15 is 0 Å². The number of ether oxygens (including phenoxy) is 1. The van der Waals surface area contributed by atoms with Crippen molar-refractivity contribution in [1.82, 2.24) is 5.32 Å². The average Bonchev–Trinajstić information content (AvgIpc) is 2.83. The summed E-state index contributed by atoms with van der Waals surface area (Å²) in [5.41, 5.74) is 0. The van der Waals surface area contributed by atoms with Crippen LogP contribution in [-0.4, -0.2) is 19.3 Å². The normalized spacial score (nSPS) is 19.8. The van der Waals surface area contributed by atoms with Crippen molar-refractivity contribution in [3.05, 3.63) is 22.4 Å². The van der Waals surface area contributed by atoms with Crippen LogP contribution >= 0.6 is 11.3 Å². The minimum absolute atomic E-state index is 0.549. The Morgan fingerprint density at radius 1 is 1.50 bits per heavy atom. The molecular weight excluding hydrogens is 218 g/mol. The monoisotopic (exact) mass is 239 g/mol. The van der Waals surface area contributed by atoms with Crippen molar-refractivity contribution in [2.24, 2.45) is 0 Å². The molecule has 0 saturated carbocycles. The van der Waals surface area contributed by atoms with E-state index in [9.17, 15) is 0 Å². The molecule has 0 bridgehead atoms. The molecule has 1 aliphatic rings. The van der Waals surface area contributed by atoms with E-state index in [4.69, 9.17) is 4.74 Å². The van der Waals surface area contributed by atoms with Gasteiger partial charge in [-0.2, -0.15) is 0 Å². The van der Waals surface area contributed by atoms with E-state index in [0.29, 0.717) is 12.1 Å². The zero-order valence-corrected chi connectivity index (χ0v) is 10.8. The molecule has 1 atom stereocenters. The second-order valence-electron chi connectivity index (χ2n) is 4.41. The minimum atomic E-state index is 0.549. The van der Waals surface area contributed by atoms with E-state index < -0.39 is 0 Å². The topological polar surface area (TPSA) is 21.3 Å². The average molecular weight is 239 g/mol. The highest BCUT2D eigenvalue weighted by Crippen LogP contribution is 2.25. The molecule has 2 nitrogen and oxygen atoms in total. The summed E-state index contributed by atoms with van der Waals surface area (Å²) in [5, 5.41) is 5.96. The molecule has 90 valence electrons. The number of nitrogens with one attached hydrogen (secondary N) is 1. The molecule has 1 N–H and O–H groups in total. The molecule has 1 aliphatic heterocycles. The predicted octanol–water partition coefficient (Wildman–Crippen LogP) is 3.36. The van der Waals surface area contributed by atoms with Crippen LogP contribution in [0.4, 0.5) is 0 Å². The Morgan fingerprint density at radius 2 is 2.31 bits per heavy atom. The molecule has 0 aliphatic carbocycles. The second kappa shape index (κ2) is 6.38. The Balaban J connectivity index is 1.91. The van der Waals surface area contributed by atoms with Crippen molar-refractivity contribution in [2.45, 2.75) is 44.7 Å². The van der Waals surface area contributed by atoms with E-state index in [1.807, 2.05) is 11.3 Å². The van der Waals surface area contributed by atoms with E-state index in [-0.39, 0.29) is 0 Å². The minimum Gasteiger partial charge on any atom is -0.381 e. The fraction of sp³-hybridized carbons (Fsp3) is 0.692. The summed E-state index contributed by atoms with van der Waals surface area (Å²) in [5.74, 6) is 0. The van der Waals surface area contributed by atoms with Gasteiger partial charge in [-0.05, 0) is 30.7 Å². The molecular formula is C13H21NOS. The van der Waals surface area contributed by atoms with E-state index in [1.54, 1.807) is 0 Å². The van der Waals surface area contributed by atoms with Gasteiger partial charge in [0.1, 0.15) is 0 Å². The lowest BCUT2D eigenvalue weighted by Crippen LogP contribution is -2.37. The van der Waals surface area contributed by atoms with E-state index in [1.165, 1.54) is 17.7 Å². The molecule has 1 aromatic rings. The zero-order valence-electron chi connectivity index (χ0n) is 9.95. The highest BCUT2D eigenvalue weighted by molar-refractivity contribution is 7.10. The zero-order chi connectivity index (χ0) is 11.2. The fourth-order valence-electron chi connectivity index (χ4n) is 2.23. The molecule has 0 amide bonds. The third-order valence-corrected chi connectivity index (χ3v) is 4.11. The predicted molar refractivity (Wildman–Crippen MR) is 68.9 cm³/mol. The molecule has 3 heteroatoms. The lowest BCUT2D eigenvalue weighted by molar-refractivity contribution is 0.0746. The summed E-state index contributed by atoms with van der Waals surface area (Å²) in [6.07, 6.45) is 4.79. The molecule has 2 rings (SSSR count). The summed E-state index contributed by atoms with van der Waals surface area (Å²) in [7, 11) is 0. The maximum Gasteiger partial charge on any atom is 0.0480 e. The largest absolute Gasteiger partial charge is 0.381 e. The second-order valence-corrected chi connectivity index (χ2v) is 5.39. The molecule has 1 aromatic heterocycles. The third-order valence-electron chi connectivity index (χ3n) is 3.12. The highest BCUT2D eigenvalue weighted by Gasteiger charge is 2.19. The van der Waals surface area contributed by atoms with Gasteiger partial charge in [0.05, 0.1) is 0 Å². The Bertz CT molecular complexity index is 280. The van der Waals surface area contributed by atoms with Crippen LogP contribution in [0.5, 0.6) is 0 Å². The first-order chi connectivity index (χ1) is 7.90. The molecule has 16 heavy (non-hydrogen) atoms. The summed E-state index contributed by atoms with van der Waals surface area (Å²) in [4.78, 5) is 1.48. The van der Waals surface area contributed by atoms with Gasteiger partial charge in [-0.3, -0.25) is 0 Å². The Kier molecular flexibility index (Phi) is 4.82. The van der Waals surface area contributed by atoms with Crippen LogP contribution < -0.4 is 5.32 Å². The summed E-state index contributed by atoms with van der Waals surface area (Å²) in [6, 6.07) is 5.59. The van der Waals surface area contributed by atoms with Crippen molar-refractivity contribution >= 4 is 11.3 Å². The number of hydrogen-bond donors (Lipinski definition) is 1. The van der Waals surface area contributed by atoms with Crippen LogP contribution in [0.1, 0.15) is 43.5 Å². The highest BCUT2D eigenvalue weighted by atomic mass is 32.1. The van der Waals surface area contributed by atoms with Gasteiger partial charge in [0.25, 0.3) is 0 Å². The lowest BCUT2D eigenvalue weighted by atomic mass is 10.0. The fourth-order valence-corrected chi connectivity index (χ4v) is 3.06. The Morgan fingerprint density at radius 3 is 2.94 bits per heavy atom. The van der Waals surface area contributed by atoms with Gasteiger partial charge in [-0.15, -0.1) is 11.3 Å². The molecule has 0 aromatic carbocycles. The summed E-state index contributed by atoms with van der Waals surface area (Å²) >= 11 is 1.87. The first-order valence-corrected chi connectivity index (χ1v) is 7.15. The lowest BCUT2D eigenvalue weighted by Gasteiger charge is -2.28. The number of rotatable bonds is 5. The van der Waals surface area contributed by atoms with Crippen molar-refractivity contribution in [1.29, 1.82) is 0 Å². The van der Waals surface area contributed by atoms with Gasteiger partial charge < -0.3 is 10.1 Å². The number of hydrogen-bond acceptors (Lipinski definition) is 3. The van der Waals surface area contributed by atoms with Crippen LogP contribution in [-0.2, 0) is 4.74 Å². The van der Waals surface area contributed by atoms with Gasteiger partial charge in [0, 0.05) is 30.2 Å². The van der Waals surface area contributed by atoms with Crippen molar-refractivity contribution in [3.8, 4) is 0 Å². The first-order valence-electron chi connectivity index (χ1n) is 6.27. The van der Waals surface area contributed by atoms with Crippen LogP contribution in [0.3, 0.4) is 0 Å². The molecule has 2 heterocycles. The first kappa shape index (κ1) is 12.1. The van der Waals surface area contributed by atoms with Gasteiger partial charge in [0.15, 0.2) is 0 Å². The molecule has 1 unspecified atom stereocenters. The molecule has 1 saturated heterocycles. The van der Waals surface area contributed by atoms with Gasteiger partial charge in [-0.1, -0.05) is 19.4 Å². The summed E-state index contributed by atoms with van der Waals surface area (Å²) in [6.45, 7) is 4.09. The van der Waals surface area contributed by atoms with Crippen molar-refractivity contribution in [3.63, 3.8) is 0 Å². The van der Waals surface area contributed by atoms with Crippen LogP contribution in [0.15, 0.2) is 17.5 Å². The van der Waals surface area contributed by atoms with E-state index in [2.05, 4.69) is 29.8 Å². The quantitative estimate of drug-likeness (QED) is 0.850. The van der Waals surface area contributed by atoms with Crippen molar-refractivity contribution in [2.75, 3.05) is 13.2 Å². The molecule has 1 fully saturated rings. The third kappa shape index (κ3) is 3.30. The maximum atomic E-state index is 5.39. The van der Waals surface area contributed by atoms with Gasteiger partial charge >= 0.3 is 0 Å². The van der Waals surface area contributed by atoms with Crippen LogP contribution in [0.25, 0.3) is 0 Å². The standard InChI is InChI=1S/C13H21NOS/c1-2-4-12(13-5-3-10-16-13)14-11-6-8-15-9-7-11/h3,5,10-12,14H,2,4,6-9H2,1H3. The number of thiophene rings is 1. The van der Waals surface area contributed by atoms with Crippen molar-refractivity contribution < 1.29 is 4.74 Å². The van der Waals surface area contributed by atoms with E-state index in [0.717, 1.165) is 26.1 Å². The Labute approximate surface area is 102 Å².